The van der Waals surface area contributed by atoms with E-state index in [-0.39, 0.29) is 24.8 Å². The topological polar surface area (TPSA) is 43.0 Å². The highest BCUT2D eigenvalue weighted by molar-refractivity contribution is 7.09. The highest BCUT2D eigenvalue weighted by atomic mass is 35.5. The third-order valence-corrected chi connectivity index (χ3v) is 5.40. The van der Waals surface area contributed by atoms with Crippen LogP contribution in [0.5, 0.6) is 11.5 Å². The molecule has 9 heteroatoms. The van der Waals surface area contributed by atoms with Gasteiger partial charge < -0.3 is 44.3 Å². The van der Waals surface area contributed by atoms with E-state index in [2.05, 4.69) is 10.2 Å². The zero-order chi connectivity index (χ0) is 18.2. The molecule has 0 unspecified atom stereocenters. The van der Waals surface area contributed by atoms with Crippen LogP contribution in [0, 0.1) is 0 Å². The van der Waals surface area contributed by atoms with Crippen molar-refractivity contribution in [2.24, 2.45) is 0 Å². The Morgan fingerprint density at radius 2 is 2.04 bits per heavy atom. The zero-order valence-corrected chi connectivity index (χ0v) is 18.8. The van der Waals surface area contributed by atoms with Crippen LogP contribution in [0.3, 0.4) is 0 Å². The normalized spacial score (nSPS) is 14.1. The maximum atomic E-state index is 6.44. The van der Waals surface area contributed by atoms with Gasteiger partial charge in [-0.1, -0.05) is 17.7 Å². The first-order valence-electron chi connectivity index (χ1n) is 8.78. The lowest BCUT2D eigenvalue weighted by Gasteiger charge is -2.26. The van der Waals surface area contributed by atoms with Crippen molar-refractivity contribution < 1.29 is 39.0 Å². The number of ether oxygens (including phenoxy) is 3. The monoisotopic (exact) mass is 466 g/mol. The summed E-state index contributed by atoms with van der Waals surface area (Å²) in [7, 11) is 1.64. The highest BCUT2D eigenvalue weighted by Crippen LogP contribution is 2.37. The summed E-state index contributed by atoms with van der Waals surface area (Å²) in [5, 5.41) is 6.07. The Kier molecular flexibility index (Phi) is 12.2. The van der Waals surface area contributed by atoms with Gasteiger partial charge in [-0.3, -0.25) is 4.90 Å². The van der Waals surface area contributed by atoms with Crippen molar-refractivity contribution in [3.8, 4) is 11.5 Å². The van der Waals surface area contributed by atoms with Crippen LogP contribution in [0.2, 0.25) is 5.02 Å². The van der Waals surface area contributed by atoms with E-state index in [1.54, 1.807) is 18.4 Å². The smallest absolute Gasteiger partial charge is 0.180 e. The van der Waals surface area contributed by atoms with Gasteiger partial charge in [0, 0.05) is 37.6 Å². The lowest BCUT2D eigenvalue weighted by molar-refractivity contribution is -0.001000. The molecule has 5 nitrogen and oxygen atoms in total. The minimum Gasteiger partial charge on any atom is -1.00 e. The average Bonchev–Trinajstić information content (AvgIpc) is 3.18. The first-order valence-corrected chi connectivity index (χ1v) is 10.0. The summed E-state index contributed by atoms with van der Waals surface area (Å²) in [5.74, 6) is 1.26. The molecule has 1 aromatic carbocycles. The molecule has 3 rings (SSSR count). The molecule has 0 saturated carbocycles. The van der Waals surface area contributed by atoms with Crippen molar-refractivity contribution >= 4 is 22.9 Å². The number of thiophene rings is 1. The Balaban J connectivity index is 0.00000196. The van der Waals surface area contributed by atoms with Crippen LogP contribution < -0.4 is 39.6 Å². The van der Waals surface area contributed by atoms with Crippen molar-refractivity contribution in [3.63, 3.8) is 0 Å². The number of hydrogen-bond acceptors (Lipinski definition) is 6. The predicted octanol–water partition coefficient (Wildman–Crippen LogP) is -2.58. The maximum absolute atomic E-state index is 6.44. The Bertz CT molecular complexity index is 683. The first-order chi connectivity index (χ1) is 12.8. The van der Waals surface area contributed by atoms with Crippen LogP contribution in [0.15, 0.2) is 29.6 Å². The molecule has 2 aromatic rings. The van der Waals surface area contributed by atoms with Crippen molar-refractivity contribution in [1.29, 1.82) is 0 Å². The van der Waals surface area contributed by atoms with Crippen LogP contribution in [0.25, 0.3) is 0 Å². The third-order valence-electron chi connectivity index (χ3n) is 4.27. The van der Waals surface area contributed by atoms with Gasteiger partial charge in [0.1, 0.15) is 6.61 Å². The molecule has 1 aromatic heterocycles. The van der Waals surface area contributed by atoms with E-state index in [4.69, 9.17) is 25.8 Å². The Morgan fingerprint density at radius 1 is 1.25 bits per heavy atom. The molecular weight excluding hydrogens is 443 g/mol. The summed E-state index contributed by atoms with van der Waals surface area (Å²) >= 11 is 8.10. The van der Waals surface area contributed by atoms with Crippen molar-refractivity contribution in [2.75, 3.05) is 46.5 Å². The zero-order valence-electron chi connectivity index (χ0n) is 15.8. The fraction of sp³-hybridized carbons (Fsp3) is 0.474. The van der Waals surface area contributed by atoms with Gasteiger partial charge in [-0.15, -0.1) is 11.3 Å². The molecule has 2 heterocycles. The standard InChI is InChI=1S/C19H25ClN2O3S.2ClH/c1-23-18-12-15(13-21-4-5-22-6-8-24-9-7-22)11-17(20)19(18)25-14-16-3-2-10-26-16;;/h2-3,10-12,21H,4-9,13-14H2,1H3;2*1H/p-2. The summed E-state index contributed by atoms with van der Waals surface area (Å²) in [6.07, 6.45) is 0. The van der Waals surface area contributed by atoms with E-state index in [0.29, 0.717) is 23.1 Å². The van der Waals surface area contributed by atoms with Crippen molar-refractivity contribution in [2.45, 2.75) is 13.2 Å². The second-order valence-corrected chi connectivity index (χ2v) is 7.55. The highest BCUT2D eigenvalue weighted by Gasteiger charge is 2.13. The average molecular weight is 468 g/mol. The quantitative estimate of drug-likeness (QED) is 0.411. The minimum absolute atomic E-state index is 0. The molecule has 0 bridgehead atoms. The van der Waals surface area contributed by atoms with Gasteiger partial charge in [0.05, 0.1) is 25.3 Å². The van der Waals surface area contributed by atoms with Crippen LogP contribution in [-0.4, -0.2) is 51.4 Å². The second kappa shape index (κ2) is 13.5. The summed E-state index contributed by atoms with van der Waals surface area (Å²) in [6, 6.07) is 7.97. The number of nitrogens with one attached hydrogen (secondary N) is 1. The summed E-state index contributed by atoms with van der Waals surface area (Å²) in [4.78, 5) is 3.56. The lowest BCUT2D eigenvalue weighted by atomic mass is 10.2. The van der Waals surface area contributed by atoms with Gasteiger partial charge in [-0.05, 0) is 29.1 Å². The third kappa shape index (κ3) is 7.59. The molecule has 0 amide bonds. The van der Waals surface area contributed by atoms with Gasteiger partial charge in [0.15, 0.2) is 11.5 Å². The molecule has 1 aliphatic rings. The molecule has 0 atom stereocenters. The predicted molar refractivity (Wildman–Crippen MR) is 106 cm³/mol. The molecule has 1 fully saturated rings. The van der Waals surface area contributed by atoms with E-state index in [1.807, 2.05) is 29.6 Å². The number of methoxy groups -OCH3 is 1. The lowest BCUT2D eigenvalue weighted by Crippen LogP contribution is -3.00. The van der Waals surface area contributed by atoms with Crippen LogP contribution in [0.4, 0.5) is 0 Å². The fourth-order valence-corrected chi connectivity index (χ4v) is 3.75. The minimum atomic E-state index is 0. The van der Waals surface area contributed by atoms with Crippen molar-refractivity contribution in [3.05, 3.63) is 45.1 Å². The number of nitrogens with zero attached hydrogens (tertiary/aromatic N) is 1. The molecule has 0 aliphatic carbocycles. The van der Waals surface area contributed by atoms with Gasteiger partial charge in [-0.2, -0.15) is 0 Å². The van der Waals surface area contributed by atoms with Crippen LogP contribution in [0.1, 0.15) is 10.4 Å². The van der Waals surface area contributed by atoms with E-state index in [1.165, 1.54) is 0 Å². The first kappa shape index (κ1) is 25.3. The van der Waals surface area contributed by atoms with E-state index in [9.17, 15) is 0 Å². The molecule has 1 saturated heterocycles. The van der Waals surface area contributed by atoms with Crippen molar-refractivity contribution in [1.82, 2.24) is 10.2 Å². The number of halogens is 3. The summed E-state index contributed by atoms with van der Waals surface area (Å²) in [5.41, 5.74) is 1.08. The summed E-state index contributed by atoms with van der Waals surface area (Å²) < 4.78 is 16.7. The molecule has 1 N–H and O–H groups in total. The molecule has 158 valence electrons. The number of morpholine rings is 1. The molecule has 1 aliphatic heterocycles. The van der Waals surface area contributed by atoms with Gasteiger partial charge in [0.25, 0.3) is 0 Å². The molecule has 0 radical (unpaired) electrons. The van der Waals surface area contributed by atoms with Gasteiger partial charge in [0.2, 0.25) is 0 Å². The molecule has 28 heavy (non-hydrogen) atoms. The Labute approximate surface area is 188 Å². The fourth-order valence-electron chi connectivity index (χ4n) is 2.85. The van der Waals surface area contributed by atoms with Crippen LogP contribution in [-0.2, 0) is 17.9 Å². The summed E-state index contributed by atoms with van der Waals surface area (Å²) in [6.45, 7) is 6.87. The van der Waals surface area contributed by atoms with E-state index >= 15 is 0 Å². The van der Waals surface area contributed by atoms with Gasteiger partial charge >= 0.3 is 0 Å². The Hall–Kier alpha value is -0.730. The number of rotatable bonds is 9. The maximum Gasteiger partial charge on any atom is 0.180 e. The van der Waals surface area contributed by atoms with Crippen LogP contribution >= 0.6 is 22.9 Å². The molecular formula is C19H25Cl3N2O3S-2. The number of benzene rings is 1. The van der Waals surface area contributed by atoms with Gasteiger partial charge in [-0.25, -0.2) is 0 Å². The number of hydrogen-bond donors (Lipinski definition) is 1. The van der Waals surface area contributed by atoms with E-state index < -0.39 is 0 Å². The Morgan fingerprint density at radius 3 is 2.71 bits per heavy atom. The van der Waals surface area contributed by atoms with E-state index in [0.717, 1.165) is 56.4 Å². The molecule has 0 spiro atoms. The second-order valence-electron chi connectivity index (χ2n) is 6.11. The SMILES string of the molecule is COc1cc(CNCCN2CCOCC2)cc(Cl)c1OCc1cccs1.[Cl-].[Cl-]. The largest absolute Gasteiger partial charge is 1.00 e.